The number of aliphatic carboxylic acids is 1. The fourth-order valence-electron chi connectivity index (χ4n) is 0.652. The molecule has 0 spiro atoms. The lowest BCUT2D eigenvalue weighted by molar-refractivity contribution is -0.138. The molecule has 1 rings (SSSR count). The van der Waals surface area contributed by atoms with Gasteiger partial charge in [-0.25, -0.2) is 0 Å². The lowest BCUT2D eigenvalue weighted by Gasteiger charge is -1.79. The first-order valence-electron chi connectivity index (χ1n) is 2.44. The van der Waals surface area contributed by atoms with Crippen molar-refractivity contribution in [2.24, 2.45) is 11.8 Å². The van der Waals surface area contributed by atoms with Crippen LogP contribution in [0.3, 0.4) is 0 Å². The second-order valence-corrected chi connectivity index (χ2v) is 1.95. The van der Waals surface area contributed by atoms with E-state index in [-0.39, 0.29) is 11.8 Å². The first-order chi connectivity index (χ1) is 3.75. The van der Waals surface area contributed by atoms with Crippen LogP contribution in [-0.4, -0.2) is 11.1 Å². The molecule has 1 saturated carbocycles. The summed E-state index contributed by atoms with van der Waals surface area (Å²) >= 11 is 0. The van der Waals surface area contributed by atoms with Crippen LogP contribution in [-0.2, 0) is 4.79 Å². The van der Waals surface area contributed by atoms with Crippen LogP contribution in [0.15, 0.2) is 0 Å². The Labute approximate surface area is 47.5 Å². The minimum atomic E-state index is -0.757. The number of carboxylic acids is 1. The van der Waals surface area contributed by atoms with Gasteiger partial charge in [0.2, 0.25) is 0 Å². The van der Waals surface area contributed by atoms with Gasteiger partial charge in [0.25, 0.3) is 0 Å². The molecule has 0 radical (unpaired) electrons. The van der Waals surface area contributed by atoms with Gasteiger partial charge in [-0.1, -0.05) is 0 Å². The Morgan fingerprint density at radius 1 is 1.88 bits per heavy atom. The first-order valence-corrected chi connectivity index (χ1v) is 2.44. The van der Waals surface area contributed by atoms with E-state index in [4.69, 9.17) is 11.5 Å². The van der Waals surface area contributed by atoms with Gasteiger partial charge in [-0.3, -0.25) is 4.79 Å². The van der Waals surface area contributed by atoms with Gasteiger partial charge in [0.1, 0.15) is 0 Å². The van der Waals surface area contributed by atoms with E-state index in [2.05, 4.69) is 5.92 Å². The van der Waals surface area contributed by atoms with Crippen LogP contribution >= 0.6 is 0 Å². The molecule has 0 amide bonds. The van der Waals surface area contributed by atoms with E-state index in [1.165, 1.54) is 0 Å². The molecule has 1 aliphatic carbocycles. The zero-order valence-corrected chi connectivity index (χ0v) is 4.29. The average molecular weight is 110 g/mol. The molecule has 1 fully saturated rings. The van der Waals surface area contributed by atoms with Crippen LogP contribution in [0.4, 0.5) is 0 Å². The second kappa shape index (κ2) is 1.52. The van der Waals surface area contributed by atoms with Crippen molar-refractivity contribution in [3.63, 3.8) is 0 Å². The van der Waals surface area contributed by atoms with Crippen molar-refractivity contribution in [1.82, 2.24) is 0 Å². The Morgan fingerprint density at radius 2 is 2.50 bits per heavy atom. The third kappa shape index (κ3) is 0.671. The Bertz CT molecular complexity index is 154. The summed E-state index contributed by atoms with van der Waals surface area (Å²) in [6, 6.07) is 0. The molecular formula is C6H6O2. The molecule has 0 aromatic rings. The molecule has 1 N–H and O–H groups in total. The molecule has 42 valence electrons. The average Bonchev–Trinajstić information content (AvgIpc) is 2.42. The SMILES string of the molecule is C#CC1CC1C(=O)O. The van der Waals surface area contributed by atoms with E-state index in [1.54, 1.807) is 0 Å². The standard InChI is InChI=1S/C6H6O2/c1-2-4-3-5(4)6(7)8/h1,4-5H,3H2,(H,7,8). The molecule has 2 heteroatoms. The number of terminal acetylenes is 1. The zero-order valence-electron chi connectivity index (χ0n) is 4.29. The van der Waals surface area contributed by atoms with Crippen molar-refractivity contribution in [3.05, 3.63) is 0 Å². The molecule has 0 bridgehead atoms. The molecule has 2 nitrogen and oxygen atoms in total. The summed E-state index contributed by atoms with van der Waals surface area (Å²) in [5, 5.41) is 8.26. The Hall–Kier alpha value is -0.970. The van der Waals surface area contributed by atoms with Crippen LogP contribution in [0.25, 0.3) is 0 Å². The maximum atomic E-state index is 10.0. The summed E-state index contributed by atoms with van der Waals surface area (Å²) in [6.07, 6.45) is 5.62. The zero-order chi connectivity index (χ0) is 6.15. The van der Waals surface area contributed by atoms with Crippen LogP contribution in [0, 0.1) is 24.2 Å². The maximum Gasteiger partial charge on any atom is 0.307 e. The maximum absolute atomic E-state index is 10.0. The highest BCUT2D eigenvalue weighted by Gasteiger charge is 2.41. The number of carboxylic acid groups (broad SMARTS) is 1. The lowest BCUT2D eigenvalue weighted by atomic mass is 10.3. The summed E-state index contributed by atoms with van der Waals surface area (Å²) in [7, 11) is 0. The Morgan fingerprint density at radius 3 is 2.62 bits per heavy atom. The van der Waals surface area contributed by atoms with Crippen molar-refractivity contribution in [2.45, 2.75) is 6.42 Å². The van der Waals surface area contributed by atoms with Crippen LogP contribution < -0.4 is 0 Å². The fourth-order valence-corrected chi connectivity index (χ4v) is 0.652. The summed E-state index contributed by atoms with van der Waals surface area (Å²) in [6.45, 7) is 0. The molecule has 8 heavy (non-hydrogen) atoms. The van der Waals surface area contributed by atoms with Gasteiger partial charge in [0, 0.05) is 5.92 Å². The predicted octanol–water partition coefficient (Wildman–Crippen LogP) is 0.340. The largest absolute Gasteiger partial charge is 0.481 e. The number of carbonyl (C=O) groups is 1. The molecule has 0 aromatic carbocycles. The monoisotopic (exact) mass is 110 g/mol. The molecule has 0 aromatic heterocycles. The highest BCUT2D eigenvalue weighted by atomic mass is 16.4. The molecule has 1 aliphatic rings. The molecule has 0 saturated heterocycles. The quantitative estimate of drug-likeness (QED) is 0.494. The molecule has 0 aliphatic heterocycles. The van der Waals surface area contributed by atoms with Gasteiger partial charge < -0.3 is 5.11 Å². The minimum Gasteiger partial charge on any atom is -0.481 e. The number of hydrogen-bond acceptors (Lipinski definition) is 1. The van der Waals surface area contributed by atoms with Crippen molar-refractivity contribution in [2.75, 3.05) is 0 Å². The van der Waals surface area contributed by atoms with Gasteiger partial charge in [-0.05, 0) is 6.42 Å². The van der Waals surface area contributed by atoms with Crippen LogP contribution in [0.1, 0.15) is 6.42 Å². The normalized spacial score (nSPS) is 33.4. The van der Waals surface area contributed by atoms with Crippen molar-refractivity contribution < 1.29 is 9.90 Å². The van der Waals surface area contributed by atoms with Gasteiger partial charge >= 0.3 is 5.97 Å². The van der Waals surface area contributed by atoms with Gasteiger partial charge in [-0.2, -0.15) is 0 Å². The predicted molar refractivity (Wildman–Crippen MR) is 28.1 cm³/mol. The fraction of sp³-hybridized carbons (Fsp3) is 0.500. The third-order valence-electron chi connectivity index (χ3n) is 1.32. The minimum absolute atomic E-state index is 0.0208. The lowest BCUT2D eigenvalue weighted by Crippen LogP contribution is -1.97. The number of hydrogen-bond donors (Lipinski definition) is 1. The van der Waals surface area contributed by atoms with E-state index >= 15 is 0 Å². The van der Waals surface area contributed by atoms with E-state index in [0.717, 1.165) is 0 Å². The Balaban J connectivity index is 2.40. The highest BCUT2D eigenvalue weighted by Crippen LogP contribution is 2.37. The van der Waals surface area contributed by atoms with Crippen LogP contribution in [0.2, 0.25) is 0 Å². The molecule has 2 unspecified atom stereocenters. The van der Waals surface area contributed by atoms with Crippen molar-refractivity contribution >= 4 is 5.97 Å². The van der Waals surface area contributed by atoms with E-state index in [1.807, 2.05) is 0 Å². The summed E-state index contributed by atoms with van der Waals surface area (Å²) < 4.78 is 0. The van der Waals surface area contributed by atoms with E-state index < -0.39 is 5.97 Å². The van der Waals surface area contributed by atoms with E-state index in [9.17, 15) is 4.79 Å². The molecule has 0 heterocycles. The third-order valence-corrected chi connectivity index (χ3v) is 1.32. The smallest absolute Gasteiger partial charge is 0.307 e. The molecule has 2 atom stereocenters. The first kappa shape index (κ1) is 5.17. The van der Waals surface area contributed by atoms with Gasteiger partial charge in [0.05, 0.1) is 5.92 Å². The van der Waals surface area contributed by atoms with Gasteiger partial charge in [-0.15, -0.1) is 12.3 Å². The highest BCUT2D eigenvalue weighted by molar-refractivity contribution is 5.74. The summed E-state index contributed by atoms with van der Waals surface area (Å²) in [4.78, 5) is 10.0. The Kier molecular flexibility index (Phi) is 0.980. The van der Waals surface area contributed by atoms with Crippen LogP contribution in [0.5, 0.6) is 0 Å². The van der Waals surface area contributed by atoms with Crippen molar-refractivity contribution in [1.29, 1.82) is 0 Å². The van der Waals surface area contributed by atoms with E-state index in [0.29, 0.717) is 6.42 Å². The van der Waals surface area contributed by atoms with Gasteiger partial charge in [0.15, 0.2) is 0 Å². The number of rotatable bonds is 1. The van der Waals surface area contributed by atoms with Crippen molar-refractivity contribution in [3.8, 4) is 12.3 Å². The second-order valence-electron chi connectivity index (χ2n) is 1.95. The topological polar surface area (TPSA) is 37.3 Å². The summed E-state index contributed by atoms with van der Waals surface area (Å²) in [5.74, 6) is 1.42. The molecular weight excluding hydrogens is 104 g/mol. The summed E-state index contributed by atoms with van der Waals surface area (Å²) in [5.41, 5.74) is 0.